The first-order valence-corrected chi connectivity index (χ1v) is 7.03. The molecular formula is C17H21NO4. The number of aliphatic hydroxyl groups is 2. The van der Waals surface area contributed by atoms with E-state index < -0.39 is 6.10 Å². The summed E-state index contributed by atoms with van der Waals surface area (Å²) in [7, 11) is 3.20. The van der Waals surface area contributed by atoms with Gasteiger partial charge in [0.15, 0.2) is 11.5 Å². The molecule has 2 rings (SSSR count). The van der Waals surface area contributed by atoms with Gasteiger partial charge in [0.05, 0.1) is 26.9 Å². The van der Waals surface area contributed by atoms with E-state index in [1.807, 2.05) is 42.5 Å². The molecule has 5 nitrogen and oxygen atoms in total. The van der Waals surface area contributed by atoms with E-state index in [1.54, 1.807) is 14.2 Å². The minimum Gasteiger partial charge on any atom is -0.493 e. The van der Waals surface area contributed by atoms with E-state index in [2.05, 4.69) is 5.32 Å². The average molecular weight is 303 g/mol. The van der Waals surface area contributed by atoms with Crippen molar-refractivity contribution in [2.24, 2.45) is 0 Å². The summed E-state index contributed by atoms with van der Waals surface area (Å²) < 4.78 is 10.6. The van der Waals surface area contributed by atoms with Crippen LogP contribution in [0.25, 0.3) is 11.1 Å². The molecule has 0 aliphatic carbocycles. The summed E-state index contributed by atoms with van der Waals surface area (Å²) in [5, 5.41) is 21.5. The zero-order valence-corrected chi connectivity index (χ0v) is 12.7. The van der Waals surface area contributed by atoms with Gasteiger partial charge in [-0.2, -0.15) is 0 Å². The third kappa shape index (κ3) is 3.69. The van der Waals surface area contributed by atoms with Crippen LogP contribution in [-0.2, 0) is 0 Å². The zero-order valence-electron chi connectivity index (χ0n) is 12.7. The third-order valence-electron chi connectivity index (χ3n) is 3.36. The van der Waals surface area contributed by atoms with E-state index >= 15 is 0 Å². The first-order chi connectivity index (χ1) is 10.7. The molecule has 0 aliphatic rings. The highest BCUT2D eigenvalue weighted by atomic mass is 16.5. The van der Waals surface area contributed by atoms with Gasteiger partial charge in [-0.25, -0.2) is 0 Å². The second-order valence-electron chi connectivity index (χ2n) is 4.83. The summed E-state index contributed by atoms with van der Waals surface area (Å²) in [6.07, 6.45) is -0.793. The molecule has 0 fully saturated rings. The van der Waals surface area contributed by atoms with Crippen LogP contribution in [0.4, 0.5) is 5.69 Å². The molecule has 0 aromatic heterocycles. The molecule has 0 aliphatic heterocycles. The number of hydrogen-bond donors (Lipinski definition) is 3. The summed E-state index contributed by atoms with van der Waals surface area (Å²) >= 11 is 0. The molecule has 0 saturated carbocycles. The second kappa shape index (κ2) is 7.68. The molecule has 0 radical (unpaired) electrons. The van der Waals surface area contributed by atoms with E-state index in [1.165, 1.54) is 0 Å². The Morgan fingerprint density at radius 1 is 1.05 bits per heavy atom. The van der Waals surface area contributed by atoms with Gasteiger partial charge in [0, 0.05) is 17.8 Å². The predicted octanol–water partition coefficient (Wildman–Crippen LogP) is 2.14. The first-order valence-electron chi connectivity index (χ1n) is 7.03. The molecule has 0 spiro atoms. The van der Waals surface area contributed by atoms with Crippen LogP contribution in [0.2, 0.25) is 0 Å². The molecule has 1 unspecified atom stereocenters. The number of para-hydroxylation sites is 1. The van der Waals surface area contributed by atoms with Gasteiger partial charge in [0.25, 0.3) is 0 Å². The number of ether oxygens (including phenoxy) is 2. The molecule has 0 amide bonds. The second-order valence-corrected chi connectivity index (χ2v) is 4.83. The molecule has 3 N–H and O–H groups in total. The monoisotopic (exact) mass is 303 g/mol. The van der Waals surface area contributed by atoms with Gasteiger partial charge in [-0.05, 0) is 23.8 Å². The topological polar surface area (TPSA) is 71.0 Å². The van der Waals surface area contributed by atoms with Crippen molar-refractivity contribution < 1.29 is 19.7 Å². The highest BCUT2D eigenvalue weighted by molar-refractivity contribution is 5.79. The quantitative estimate of drug-likeness (QED) is 0.731. The lowest BCUT2D eigenvalue weighted by Crippen LogP contribution is -2.23. The van der Waals surface area contributed by atoms with Crippen LogP contribution in [0.15, 0.2) is 42.5 Å². The lowest BCUT2D eigenvalue weighted by Gasteiger charge is -2.15. The number of benzene rings is 2. The fourth-order valence-corrected chi connectivity index (χ4v) is 2.19. The maximum atomic E-state index is 9.48. The summed E-state index contributed by atoms with van der Waals surface area (Å²) in [6, 6.07) is 13.5. The van der Waals surface area contributed by atoms with E-state index in [0.29, 0.717) is 11.5 Å². The molecular weight excluding hydrogens is 282 g/mol. The number of anilines is 1. The van der Waals surface area contributed by atoms with Crippen LogP contribution in [0.5, 0.6) is 11.5 Å². The first kappa shape index (κ1) is 16.1. The molecule has 5 heteroatoms. The van der Waals surface area contributed by atoms with Gasteiger partial charge in [-0.3, -0.25) is 0 Å². The van der Waals surface area contributed by atoms with Crippen LogP contribution in [0, 0.1) is 0 Å². The summed E-state index contributed by atoms with van der Waals surface area (Å²) in [6.45, 7) is 0.00628. The Labute approximate surface area is 130 Å². The van der Waals surface area contributed by atoms with E-state index in [0.717, 1.165) is 16.8 Å². The zero-order chi connectivity index (χ0) is 15.9. The molecule has 0 bridgehead atoms. The number of hydrogen-bond acceptors (Lipinski definition) is 5. The van der Waals surface area contributed by atoms with Crippen molar-refractivity contribution in [3.05, 3.63) is 42.5 Å². The largest absolute Gasteiger partial charge is 0.493 e. The van der Waals surface area contributed by atoms with Crippen molar-refractivity contribution in [2.75, 3.05) is 32.7 Å². The number of methoxy groups -OCH3 is 2. The molecule has 2 aromatic carbocycles. The van der Waals surface area contributed by atoms with Crippen molar-refractivity contribution in [3.63, 3.8) is 0 Å². The van der Waals surface area contributed by atoms with Gasteiger partial charge in [0.2, 0.25) is 0 Å². The minimum absolute atomic E-state index is 0.272. The van der Waals surface area contributed by atoms with Crippen molar-refractivity contribution in [1.29, 1.82) is 0 Å². The van der Waals surface area contributed by atoms with Crippen LogP contribution >= 0.6 is 0 Å². The van der Waals surface area contributed by atoms with E-state index in [9.17, 15) is 5.11 Å². The van der Waals surface area contributed by atoms with Crippen molar-refractivity contribution >= 4 is 5.69 Å². The SMILES string of the molecule is COc1ccc(-c2ccccc2NCC(O)CO)cc1OC. The maximum Gasteiger partial charge on any atom is 0.161 e. The van der Waals surface area contributed by atoms with Crippen LogP contribution in [0.1, 0.15) is 0 Å². The number of rotatable bonds is 7. The Balaban J connectivity index is 2.32. The Bertz CT molecular complexity index is 615. The van der Waals surface area contributed by atoms with Gasteiger partial charge < -0.3 is 25.0 Å². The summed E-state index contributed by atoms with van der Waals surface area (Å²) in [5.41, 5.74) is 2.83. The fraction of sp³-hybridized carbons (Fsp3) is 0.294. The van der Waals surface area contributed by atoms with Crippen LogP contribution in [0.3, 0.4) is 0 Å². The lowest BCUT2D eigenvalue weighted by atomic mass is 10.0. The number of aliphatic hydroxyl groups excluding tert-OH is 2. The molecule has 1 atom stereocenters. The fourth-order valence-electron chi connectivity index (χ4n) is 2.19. The van der Waals surface area contributed by atoms with Crippen molar-refractivity contribution in [3.8, 4) is 22.6 Å². The minimum atomic E-state index is -0.793. The lowest BCUT2D eigenvalue weighted by molar-refractivity contribution is 0.105. The Morgan fingerprint density at radius 2 is 1.77 bits per heavy atom. The molecule has 118 valence electrons. The van der Waals surface area contributed by atoms with Gasteiger partial charge in [-0.1, -0.05) is 24.3 Å². The molecule has 0 heterocycles. The predicted molar refractivity (Wildman–Crippen MR) is 86.6 cm³/mol. The summed E-state index contributed by atoms with van der Waals surface area (Å²) in [5.74, 6) is 1.33. The van der Waals surface area contributed by atoms with E-state index in [-0.39, 0.29) is 13.2 Å². The normalized spacial score (nSPS) is 11.8. The smallest absolute Gasteiger partial charge is 0.161 e. The van der Waals surface area contributed by atoms with Gasteiger partial charge in [0.1, 0.15) is 0 Å². The highest BCUT2D eigenvalue weighted by Gasteiger charge is 2.10. The highest BCUT2D eigenvalue weighted by Crippen LogP contribution is 2.35. The Morgan fingerprint density at radius 3 is 2.45 bits per heavy atom. The summed E-state index contributed by atoms with van der Waals surface area (Å²) in [4.78, 5) is 0. The standard InChI is InChI=1S/C17H21NO4/c1-21-16-8-7-12(9-17(16)22-2)14-5-3-4-6-15(14)18-10-13(20)11-19/h3-9,13,18-20H,10-11H2,1-2H3. The van der Waals surface area contributed by atoms with Crippen LogP contribution < -0.4 is 14.8 Å². The van der Waals surface area contributed by atoms with Crippen molar-refractivity contribution in [1.82, 2.24) is 0 Å². The van der Waals surface area contributed by atoms with Crippen LogP contribution in [-0.4, -0.2) is 43.7 Å². The van der Waals surface area contributed by atoms with Gasteiger partial charge >= 0.3 is 0 Å². The third-order valence-corrected chi connectivity index (χ3v) is 3.36. The maximum absolute atomic E-state index is 9.48. The van der Waals surface area contributed by atoms with Gasteiger partial charge in [-0.15, -0.1) is 0 Å². The number of nitrogens with one attached hydrogen (secondary N) is 1. The molecule has 22 heavy (non-hydrogen) atoms. The van der Waals surface area contributed by atoms with Crippen molar-refractivity contribution in [2.45, 2.75) is 6.10 Å². The Hall–Kier alpha value is -2.24. The average Bonchev–Trinajstić information content (AvgIpc) is 2.59. The molecule has 0 saturated heterocycles. The Kier molecular flexibility index (Phi) is 5.63. The van der Waals surface area contributed by atoms with E-state index in [4.69, 9.17) is 14.6 Å². The molecule has 2 aromatic rings.